The number of amides is 1. The third-order valence-corrected chi connectivity index (χ3v) is 3.59. The minimum absolute atomic E-state index is 0.136. The Morgan fingerprint density at radius 3 is 2.38 bits per heavy atom. The summed E-state index contributed by atoms with van der Waals surface area (Å²) in [5.41, 5.74) is 1.51. The first-order valence-corrected chi connectivity index (χ1v) is 8.19. The summed E-state index contributed by atoms with van der Waals surface area (Å²) in [4.78, 5) is 24.9. The molecule has 0 unspecified atom stereocenters. The van der Waals surface area contributed by atoms with Crippen LogP contribution in [-0.4, -0.2) is 54.5 Å². The van der Waals surface area contributed by atoms with Crippen molar-refractivity contribution in [3.8, 4) is 0 Å². The molecule has 1 N–H and O–H groups in total. The lowest BCUT2D eigenvalue weighted by atomic mass is 10.3. The van der Waals surface area contributed by atoms with Crippen molar-refractivity contribution in [2.24, 2.45) is 0 Å². The van der Waals surface area contributed by atoms with Crippen LogP contribution in [0.2, 0.25) is 0 Å². The fourth-order valence-corrected chi connectivity index (χ4v) is 2.32. The van der Waals surface area contributed by atoms with Crippen LogP contribution in [0.1, 0.15) is 23.7 Å². The largest absolute Gasteiger partial charge is 0.352 e. The number of hydrogen-bond donors (Lipinski definition) is 1. The van der Waals surface area contributed by atoms with Crippen molar-refractivity contribution in [1.82, 2.24) is 20.2 Å². The maximum Gasteiger partial charge on any atom is 0.254 e. The third kappa shape index (κ3) is 5.03. The van der Waals surface area contributed by atoms with Gasteiger partial charge in [0, 0.05) is 31.2 Å². The molecule has 1 aromatic carbocycles. The smallest absolute Gasteiger partial charge is 0.254 e. The van der Waals surface area contributed by atoms with E-state index in [4.69, 9.17) is 0 Å². The van der Waals surface area contributed by atoms with Crippen LogP contribution in [0.25, 0.3) is 0 Å². The summed E-state index contributed by atoms with van der Waals surface area (Å²) >= 11 is 0. The van der Waals surface area contributed by atoms with Crippen LogP contribution in [0.4, 0.5) is 11.6 Å². The van der Waals surface area contributed by atoms with E-state index in [2.05, 4.69) is 20.2 Å². The molecule has 0 bridgehead atoms. The van der Waals surface area contributed by atoms with Crippen molar-refractivity contribution in [2.45, 2.75) is 13.3 Å². The second-order valence-corrected chi connectivity index (χ2v) is 5.76. The number of nitrogens with one attached hydrogen (secondary N) is 1. The van der Waals surface area contributed by atoms with Crippen molar-refractivity contribution in [2.75, 3.05) is 38.6 Å². The SMILES string of the molecule is CCN(c1ccccc1)c1ncc(C(=O)NCCCN(C)C)cn1. The number of anilines is 2. The van der Waals surface area contributed by atoms with E-state index in [-0.39, 0.29) is 5.91 Å². The predicted molar refractivity (Wildman–Crippen MR) is 96.7 cm³/mol. The summed E-state index contributed by atoms with van der Waals surface area (Å²) in [5, 5.41) is 2.89. The van der Waals surface area contributed by atoms with Crippen LogP contribution in [-0.2, 0) is 0 Å². The van der Waals surface area contributed by atoms with Crippen molar-refractivity contribution in [3.05, 3.63) is 48.3 Å². The monoisotopic (exact) mass is 327 g/mol. The van der Waals surface area contributed by atoms with Gasteiger partial charge in [0.05, 0.1) is 5.56 Å². The van der Waals surface area contributed by atoms with Gasteiger partial charge in [0.2, 0.25) is 5.95 Å². The summed E-state index contributed by atoms with van der Waals surface area (Å²) in [7, 11) is 4.03. The van der Waals surface area contributed by atoms with Gasteiger partial charge in [-0.1, -0.05) is 18.2 Å². The zero-order valence-electron chi connectivity index (χ0n) is 14.6. The Morgan fingerprint density at radius 1 is 1.12 bits per heavy atom. The Morgan fingerprint density at radius 2 is 1.79 bits per heavy atom. The molecule has 2 rings (SSSR count). The second-order valence-electron chi connectivity index (χ2n) is 5.76. The summed E-state index contributed by atoms with van der Waals surface area (Å²) in [5.74, 6) is 0.455. The minimum atomic E-state index is -0.136. The molecule has 128 valence electrons. The van der Waals surface area contributed by atoms with Crippen molar-refractivity contribution >= 4 is 17.5 Å². The lowest BCUT2D eigenvalue weighted by molar-refractivity contribution is 0.0951. The van der Waals surface area contributed by atoms with Gasteiger partial charge in [-0.05, 0) is 46.1 Å². The molecule has 0 spiro atoms. The Labute approximate surface area is 143 Å². The lowest BCUT2D eigenvalue weighted by Crippen LogP contribution is -2.27. The van der Waals surface area contributed by atoms with E-state index >= 15 is 0 Å². The maximum atomic E-state index is 12.1. The number of hydrogen-bond acceptors (Lipinski definition) is 5. The molecule has 24 heavy (non-hydrogen) atoms. The zero-order valence-corrected chi connectivity index (χ0v) is 14.6. The molecular formula is C18H25N5O. The highest BCUT2D eigenvalue weighted by Crippen LogP contribution is 2.20. The third-order valence-electron chi connectivity index (χ3n) is 3.59. The fraction of sp³-hybridized carbons (Fsp3) is 0.389. The Kier molecular flexibility index (Phi) is 6.69. The van der Waals surface area contributed by atoms with E-state index in [1.165, 1.54) is 0 Å². The molecule has 0 fully saturated rings. The summed E-state index contributed by atoms with van der Waals surface area (Å²) in [6, 6.07) is 9.96. The van der Waals surface area contributed by atoms with Crippen LogP contribution in [0.15, 0.2) is 42.7 Å². The summed E-state index contributed by atoms with van der Waals surface area (Å²) in [6.45, 7) is 4.38. The predicted octanol–water partition coefficient (Wildman–Crippen LogP) is 2.32. The number of para-hydroxylation sites is 1. The topological polar surface area (TPSA) is 61.4 Å². The molecule has 0 aliphatic heterocycles. The van der Waals surface area contributed by atoms with Gasteiger partial charge in [0.25, 0.3) is 5.91 Å². The lowest BCUT2D eigenvalue weighted by Gasteiger charge is -2.20. The van der Waals surface area contributed by atoms with Gasteiger partial charge in [-0.3, -0.25) is 4.79 Å². The van der Waals surface area contributed by atoms with E-state index in [1.807, 2.05) is 56.3 Å². The van der Waals surface area contributed by atoms with Gasteiger partial charge < -0.3 is 15.1 Å². The number of aromatic nitrogens is 2. The van der Waals surface area contributed by atoms with Crippen LogP contribution < -0.4 is 10.2 Å². The van der Waals surface area contributed by atoms with Crippen molar-refractivity contribution < 1.29 is 4.79 Å². The second kappa shape index (κ2) is 8.98. The molecule has 1 aromatic heterocycles. The number of nitrogens with zero attached hydrogens (tertiary/aromatic N) is 4. The van der Waals surface area contributed by atoms with Crippen LogP contribution >= 0.6 is 0 Å². The fourth-order valence-electron chi connectivity index (χ4n) is 2.32. The molecule has 2 aromatic rings. The van der Waals surface area contributed by atoms with E-state index in [0.717, 1.165) is 25.2 Å². The van der Waals surface area contributed by atoms with Crippen LogP contribution in [0.5, 0.6) is 0 Å². The Bertz CT molecular complexity index is 628. The average Bonchev–Trinajstić information content (AvgIpc) is 2.60. The van der Waals surface area contributed by atoms with Gasteiger partial charge >= 0.3 is 0 Å². The average molecular weight is 327 g/mol. The van der Waals surface area contributed by atoms with Gasteiger partial charge in [-0.2, -0.15) is 0 Å². The molecular weight excluding hydrogens is 302 g/mol. The first-order valence-electron chi connectivity index (χ1n) is 8.19. The van der Waals surface area contributed by atoms with Gasteiger partial charge in [0.15, 0.2) is 0 Å². The Balaban J connectivity index is 1.98. The first-order chi connectivity index (χ1) is 11.6. The van der Waals surface area contributed by atoms with Gasteiger partial charge in [-0.25, -0.2) is 9.97 Å². The number of rotatable bonds is 8. The molecule has 0 saturated carbocycles. The van der Waals surface area contributed by atoms with Crippen LogP contribution in [0.3, 0.4) is 0 Å². The molecule has 1 heterocycles. The van der Waals surface area contributed by atoms with E-state index in [1.54, 1.807) is 12.4 Å². The highest BCUT2D eigenvalue weighted by molar-refractivity contribution is 5.93. The van der Waals surface area contributed by atoms with Crippen molar-refractivity contribution in [1.29, 1.82) is 0 Å². The minimum Gasteiger partial charge on any atom is -0.352 e. The molecule has 0 aliphatic carbocycles. The molecule has 1 amide bonds. The first kappa shape index (κ1) is 17.9. The summed E-state index contributed by atoms with van der Waals surface area (Å²) < 4.78 is 0. The molecule has 0 saturated heterocycles. The Hall–Kier alpha value is -2.47. The molecule has 6 nitrogen and oxygen atoms in total. The number of benzene rings is 1. The number of carbonyl (C=O) groups is 1. The highest BCUT2D eigenvalue weighted by Gasteiger charge is 2.12. The van der Waals surface area contributed by atoms with E-state index < -0.39 is 0 Å². The van der Waals surface area contributed by atoms with Gasteiger partial charge in [-0.15, -0.1) is 0 Å². The van der Waals surface area contributed by atoms with Crippen molar-refractivity contribution in [3.63, 3.8) is 0 Å². The highest BCUT2D eigenvalue weighted by atomic mass is 16.1. The quantitative estimate of drug-likeness (QED) is 0.754. The summed E-state index contributed by atoms with van der Waals surface area (Å²) in [6.07, 6.45) is 4.07. The molecule has 0 radical (unpaired) electrons. The zero-order chi connectivity index (χ0) is 17.4. The molecule has 0 atom stereocenters. The molecule has 6 heteroatoms. The normalized spacial score (nSPS) is 10.7. The standard InChI is InChI=1S/C18H25N5O/c1-4-23(16-9-6-5-7-10-16)18-20-13-15(14-21-18)17(24)19-11-8-12-22(2)3/h5-7,9-10,13-14H,4,8,11-12H2,1-3H3,(H,19,24). The van der Waals surface area contributed by atoms with Crippen LogP contribution in [0, 0.1) is 0 Å². The van der Waals surface area contributed by atoms with E-state index in [9.17, 15) is 4.79 Å². The molecule has 0 aliphatic rings. The van der Waals surface area contributed by atoms with Gasteiger partial charge in [0.1, 0.15) is 0 Å². The van der Waals surface area contributed by atoms with E-state index in [0.29, 0.717) is 18.1 Å². The number of carbonyl (C=O) groups excluding carboxylic acids is 1. The maximum absolute atomic E-state index is 12.1.